The molecule has 0 spiro atoms. The zero-order valence-electron chi connectivity index (χ0n) is 12.9. The minimum atomic E-state index is 0. The number of rotatable bonds is 5. The Kier molecular flexibility index (Phi) is 8.98. The van der Waals surface area contributed by atoms with Crippen molar-refractivity contribution in [1.29, 1.82) is 0 Å². The van der Waals surface area contributed by atoms with Crippen molar-refractivity contribution < 1.29 is 0 Å². The Morgan fingerprint density at radius 3 is 2.42 bits per heavy atom. The van der Waals surface area contributed by atoms with Gasteiger partial charge in [0.1, 0.15) is 0 Å². The first-order chi connectivity index (χ1) is 8.45. The third kappa shape index (κ3) is 6.79. The molecule has 0 amide bonds. The summed E-state index contributed by atoms with van der Waals surface area (Å²) in [5.41, 5.74) is 6.02. The molecule has 1 fully saturated rings. The van der Waals surface area contributed by atoms with Gasteiger partial charge in [0.25, 0.3) is 0 Å². The molecule has 5 heteroatoms. The highest BCUT2D eigenvalue weighted by Crippen LogP contribution is 2.20. The first-order valence-electron chi connectivity index (χ1n) is 7.27. The molecule has 4 nitrogen and oxygen atoms in total. The van der Waals surface area contributed by atoms with Gasteiger partial charge in [0.2, 0.25) is 0 Å². The number of aliphatic imine (C=N–C) groups is 1. The van der Waals surface area contributed by atoms with Gasteiger partial charge in [-0.1, -0.05) is 13.3 Å². The van der Waals surface area contributed by atoms with Gasteiger partial charge in [-0.05, 0) is 53.1 Å². The average Bonchev–Trinajstić information content (AvgIpc) is 2.37. The van der Waals surface area contributed by atoms with Crippen LogP contribution in [-0.2, 0) is 0 Å². The van der Waals surface area contributed by atoms with E-state index in [-0.39, 0.29) is 29.5 Å². The minimum absolute atomic E-state index is 0. The van der Waals surface area contributed by atoms with Gasteiger partial charge in [0, 0.05) is 11.6 Å². The number of piperidine rings is 1. The fraction of sp³-hybridized carbons (Fsp3) is 0.929. The lowest BCUT2D eigenvalue weighted by atomic mass is 9.99. The van der Waals surface area contributed by atoms with Crippen molar-refractivity contribution in [2.75, 3.05) is 19.6 Å². The predicted molar refractivity (Wildman–Crippen MR) is 94.3 cm³/mol. The number of nitrogens with zero attached hydrogens (tertiary/aromatic N) is 2. The van der Waals surface area contributed by atoms with Crippen LogP contribution in [0.25, 0.3) is 0 Å². The smallest absolute Gasteiger partial charge is 0.188 e. The number of halogens is 1. The number of hydrogen-bond acceptors (Lipinski definition) is 2. The largest absolute Gasteiger partial charge is 0.370 e. The molecule has 19 heavy (non-hydrogen) atoms. The van der Waals surface area contributed by atoms with Gasteiger partial charge in [-0.3, -0.25) is 9.89 Å². The Balaban J connectivity index is 0.00000324. The van der Waals surface area contributed by atoms with E-state index in [1.54, 1.807) is 0 Å². The summed E-state index contributed by atoms with van der Waals surface area (Å²) in [6, 6.07) is 0.395. The van der Waals surface area contributed by atoms with Crippen LogP contribution in [0.15, 0.2) is 4.99 Å². The summed E-state index contributed by atoms with van der Waals surface area (Å²) in [4.78, 5) is 7.04. The van der Waals surface area contributed by atoms with Gasteiger partial charge in [-0.15, -0.1) is 24.0 Å². The molecule has 3 N–H and O–H groups in total. The number of likely N-dealkylation sites (tertiary alicyclic amines) is 1. The van der Waals surface area contributed by atoms with E-state index in [1.165, 1.54) is 32.4 Å². The van der Waals surface area contributed by atoms with E-state index < -0.39 is 0 Å². The van der Waals surface area contributed by atoms with Crippen molar-refractivity contribution >= 4 is 29.9 Å². The molecule has 1 aliphatic heterocycles. The van der Waals surface area contributed by atoms with Crippen LogP contribution in [0.4, 0.5) is 0 Å². The van der Waals surface area contributed by atoms with Crippen LogP contribution in [0, 0.1) is 0 Å². The summed E-state index contributed by atoms with van der Waals surface area (Å²) in [7, 11) is 0. The molecule has 1 unspecified atom stereocenters. The molecular weight excluding hydrogens is 351 g/mol. The Bertz CT molecular complexity index is 273. The predicted octanol–water partition coefficient (Wildman–Crippen LogP) is 2.57. The van der Waals surface area contributed by atoms with Gasteiger partial charge in [-0.2, -0.15) is 0 Å². The molecule has 1 heterocycles. The number of guanidine groups is 1. The molecule has 1 atom stereocenters. The summed E-state index contributed by atoms with van der Waals surface area (Å²) >= 11 is 0. The summed E-state index contributed by atoms with van der Waals surface area (Å²) in [5, 5.41) is 3.21. The third-order valence-electron chi connectivity index (χ3n) is 3.86. The highest BCUT2D eigenvalue weighted by atomic mass is 127. The molecule has 0 saturated carbocycles. The van der Waals surface area contributed by atoms with Gasteiger partial charge >= 0.3 is 0 Å². The fourth-order valence-corrected chi connectivity index (χ4v) is 2.28. The van der Waals surface area contributed by atoms with Crippen LogP contribution in [0.1, 0.15) is 53.4 Å². The van der Waals surface area contributed by atoms with Crippen molar-refractivity contribution in [3.63, 3.8) is 0 Å². The summed E-state index contributed by atoms with van der Waals surface area (Å²) in [5.74, 6) is 0.578. The Labute approximate surface area is 135 Å². The van der Waals surface area contributed by atoms with Crippen LogP contribution in [0.5, 0.6) is 0 Å². The number of nitrogens with two attached hydrogens (primary N) is 1. The van der Waals surface area contributed by atoms with Crippen molar-refractivity contribution in [1.82, 2.24) is 10.2 Å². The molecule has 0 aromatic heterocycles. The third-order valence-corrected chi connectivity index (χ3v) is 3.86. The van der Waals surface area contributed by atoms with Gasteiger partial charge in [-0.25, -0.2) is 0 Å². The number of nitrogens with one attached hydrogen (secondary N) is 1. The molecule has 0 aromatic carbocycles. The molecule has 114 valence electrons. The topological polar surface area (TPSA) is 53.6 Å². The van der Waals surface area contributed by atoms with Gasteiger partial charge in [0.05, 0.1) is 6.54 Å². The molecule has 1 aliphatic rings. The van der Waals surface area contributed by atoms with Crippen molar-refractivity contribution in [2.45, 2.75) is 65.0 Å². The van der Waals surface area contributed by atoms with Crippen LogP contribution in [-0.4, -0.2) is 42.1 Å². The lowest BCUT2D eigenvalue weighted by Crippen LogP contribution is -2.49. The lowest BCUT2D eigenvalue weighted by Gasteiger charge is -2.40. The second kappa shape index (κ2) is 9.00. The second-order valence-corrected chi connectivity index (χ2v) is 6.02. The van der Waals surface area contributed by atoms with Gasteiger partial charge < -0.3 is 11.1 Å². The molecule has 0 aliphatic carbocycles. The highest BCUT2D eigenvalue weighted by molar-refractivity contribution is 14.0. The van der Waals surface area contributed by atoms with E-state index in [0.717, 1.165) is 13.0 Å². The quantitative estimate of drug-likeness (QED) is 0.437. The lowest BCUT2D eigenvalue weighted by molar-refractivity contribution is 0.102. The Hall–Kier alpha value is -0.0400. The SMILES string of the molecule is CCC(C)NC(N)=NCC(C)(C)N1CCCCC1.I. The summed E-state index contributed by atoms with van der Waals surface area (Å²) < 4.78 is 0. The molecular formula is C14H31IN4. The van der Waals surface area contributed by atoms with E-state index in [9.17, 15) is 0 Å². The zero-order chi connectivity index (χ0) is 13.6. The first-order valence-corrected chi connectivity index (χ1v) is 7.27. The van der Waals surface area contributed by atoms with Crippen LogP contribution in [0.2, 0.25) is 0 Å². The minimum Gasteiger partial charge on any atom is -0.370 e. The normalized spacial score (nSPS) is 19.7. The molecule has 0 bridgehead atoms. The monoisotopic (exact) mass is 382 g/mol. The summed E-state index contributed by atoms with van der Waals surface area (Å²) in [6.45, 7) is 11.9. The molecule has 1 saturated heterocycles. The van der Waals surface area contributed by atoms with E-state index in [0.29, 0.717) is 12.0 Å². The van der Waals surface area contributed by atoms with Crippen LogP contribution >= 0.6 is 24.0 Å². The second-order valence-electron chi connectivity index (χ2n) is 6.02. The fourth-order valence-electron chi connectivity index (χ4n) is 2.28. The Morgan fingerprint density at radius 1 is 1.32 bits per heavy atom. The molecule has 1 rings (SSSR count). The average molecular weight is 382 g/mol. The molecule has 0 radical (unpaired) electrons. The van der Waals surface area contributed by atoms with E-state index in [4.69, 9.17) is 5.73 Å². The maximum absolute atomic E-state index is 5.91. The van der Waals surface area contributed by atoms with Crippen molar-refractivity contribution in [3.05, 3.63) is 0 Å². The van der Waals surface area contributed by atoms with Gasteiger partial charge in [0.15, 0.2) is 5.96 Å². The van der Waals surface area contributed by atoms with E-state index in [2.05, 4.69) is 42.9 Å². The highest BCUT2D eigenvalue weighted by Gasteiger charge is 2.27. The number of hydrogen-bond donors (Lipinski definition) is 2. The van der Waals surface area contributed by atoms with Crippen LogP contribution in [0.3, 0.4) is 0 Å². The van der Waals surface area contributed by atoms with E-state index >= 15 is 0 Å². The first kappa shape index (κ1) is 19.0. The summed E-state index contributed by atoms with van der Waals surface area (Å²) in [6.07, 6.45) is 5.06. The van der Waals surface area contributed by atoms with Crippen molar-refractivity contribution in [3.8, 4) is 0 Å². The van der Waals surface area contributed by atoms with Crippen molar-refractivity contribution in [2.24, 2.45) is 10.7 Å². The van der Waals surface area contributed by atoms with Crippen LogP contribution < -0.4 is 11.1 Å². The standard InChI is InChI=1S/C14H30N4.HI/c1-5-12(2)17-13(15)16-11-14(3,4)18-9-7-6-8-10-18;/h12H,5-11H2,1-4H3,(H3,15,16,17);1H. The maximum Gasteiger partial charge on any atom is 0.188 e. The Morgan fingerprint density at radius 2 is 1.89 bits per heavy atom. The van der Waals surface area contributed by atoms with E-state index in [1.807, 2.05) is 0 Å². The zero-order valence-corrected chi connectivity index (χ0v) is 15.2. The maximum atomic E-state index is 5.91. The molecule has 0 aromatic rings.